The van der Waals surface area contributed by atoms with E-state index >= 15 is 0 Å². The number of hydrogen-bond donors (Lipinski definition) is 2. The van der Waals surface area contributed by atoms with Crippen molar-refractivity contribution >= 4 is 33.3 Å². The van der Waals surface area contributed by atoms with Crippen LogP contribution in [0, 0.1) is 11.6 Å². The van der Waals surface area contributed by atoms with Crippen molar-refractivity contribution in [1.82, 2.24) is 9.97 Å². The summed E-state index contributed by atoms with van der Waals surface area (Å²) in [6, 6.07) is 2.04. The molecule has 2 rings (SSSR count). The second kappa shape index (κ2) is 4.62. The lowest BCUT2D eigenvalue weighted by Gasteiger charge is -2.06. The van der Waals surface area contributed by atoms with Crippen LogP contribution in [-0.4, -0.2) is 9.97 Å². The lowest BCUT2D eigenvalue weighted by Crippen LogP contribution is -2.00. The normalized spacial score (nSPS) is 10.3. The van der Waals surface area contributed by atoms with Crippen molar-refractivity contribution in [3.63, 3.8) is 0 Å². The minimum Gasteiger partial charge on any atom is -0.396 e. The Morgan fingerprint density at radius 3 is 2.41 bits per heavy atom. The molecule has 3 N–H and O–H groups in total. The Bertz CT molecular complexity index is 545. The standard InChI is InChI=1S/C10H7BrF2N4/c11-6-1-9(8(13)2-7(6)12)17-10-15-3-5(14)4-16-10/h1-4H,14H2,(H,15,16,17). The number of nitrogens with one attached hydrogen (secondary N) is 1. The molecule has 0 aliphatic carbocycles. The smallest absolute Gasteiger partial charge is 0.227 e. The molecule has 0 unspecified atom stereocenters. The van der Waals surface area contributed by atoms with Gasteiger partial charge in [-0.15, -0.1) is 0 Å². The molecular weight excluding hydrogens is 294 g/mol. The Morgan fingerprint density at radius 1 is 1.12 bits per heavy atom. The quantitative estimate of drug-likeness (QED) is 0.837. The third kappa shape index (κ3) is 2.68. The molecule has 0 aliphatic rings. The Labute approximate surface area is 104 Å². The van der Waals surface area contributed by atoms with Gasteiger partial charge < -0.3 is 11.1 Å². The fraction of sp³-hybridized carbons (Fsp3) is 0. The van der Waals surface area contributed by atoms with Crippen LogP contribution in [0.5, 0.6) is 0 Å². The highest BCUT2D eigenvalue weighted by molar-refractivity contribution is 9.10. The molecule has 0 radical (unpaired) electrons. The molecular formula is C10H7BrF2N4. The second-order valence-corrected chi connectivity index (χ2v) is 4.07. The highest BCUT2D eigenvalue weighted by Gasteiger charge is 2.09. The van der Waals surface area contributed by atoms with Crippen molar-refractivity contribution < 1.29 is 8.78 Å². The molecule has 0 saturated heterocycles. The lowest BCUT2D eigenvalue weighted by atomic mass is 10.3. The van der Waals surface area contributed by atoms with Crippen LogP contribution in [0.2, 0.25) is 0 Å². The Morgan fingerprint density at radius 2 is 1.76 bits per heavy atom. The minimum atomic E-state index is -0.730. The van der Waals surface area contributed by atoms with Crippen molar-refractivity contribution in [3.05, 3.63) is 40.6 Å². The summed E-state index contributed by atoms with van der Waals surface area (Å²) in [6.45, 7) is 0. The van der Waals surface area contributed by atoms with Crippen molar-refractivity contribution in [2.75, 3.05) is 11.1 Å². The van der Waals surface area contributed by atoms with E-state index in [2.05, 4.69) is 31.2 Å². The van der Waals surface area contributed by atoms with Crippen LogP contribution in [0.3, 0.4) is 0 Å². The maximum absolute atomic E-state index is 13.4. The second-order valence-electron chi connectivity index (χ2n) is 3.21. The topological polar surface area (TPSA) is 63.8 Å². The molecule has 2 aromatic rings. The molecule has 4 nitrogen and oxygen atoms in total. The average molecular weight is 301 g/mol. The zero-order valence-corrected chi connectivity index (χ0v) is 10.0. The van der Waals surface area contributed by atoms with Crippen LogP contribution in [0.4, 0.5) is 26.1 Å². The first-order chi connectivity index (χ1) is 8.06. The molecule has 0 fully saturated rings. The summed E-state index contributed by atoms with van der Waals surface area (Å²) >= 11 is 2.96. The molecule has 0 spiro atoms. The van der Waals surface area contributed by atoms with Gasteiger partial charge in [-0.1, -0.05) is 0 Å². The summed E-state index contributed by atoms with van der Waals surface area (Å²) in [4.78, 5) is 7.69. The van der Waals surface area contributed by atoms with E-state index < -0.39 is 11.6 Å². The molecule has 7 heteroatoms. The van der Waals surface area contributed by atoms with Crippen molar-refractivity contribution in [2.24, 2.45) is 0 Å². The maximum atomic E-state index is 13.4. The number of nitrogen functional groups attached to an aromatic ring is 1. The largest absolute Gasteiger partial charge is 0.396 e. The van der Waals surface area contributed by atoms with E-state index in [1.54, 1.807) is 0 Å². The molecule has 0 atom stereocenters. The molecule has 0 amide bonds. The molecule has 0 bridgehead atoms. The van der Waals surface area contributed by atoms with Crippen LogP contribution in [-0.2, 0) is 0 Å². The Kier molecular flexibility index (Phi) is 3.19. The fourth-order valence-electron chi connectivity index (χ4n) is 1.14. The van der Waals surface area contributed by atoms with Crippen molar-refractivity contribution in [2.45, 2.75) is 0 Å². The number of nitrogens with zero attached hydrogens (tertiary/aromatic N) is 2. The summed E-state index contributed by atoms with van der Waals surface area (Å²) < 4.78 is 26.5. The van der Waals surface area contributed by atoms with Crippen LogP contribution >= 0.6 is 15.9 Å². The molecule has 0 saturated carbocycles. The SMILES string of the molecule is Nc1cnc(Nc2cc(Br)c(F)cc2F)nc1. The number of halogens is 3. The van der Waals surface area contributed by atoms with Gasteiger partial charge in [0.25, 0.3) is 0 Å². The third-order valence-corrected chi connectivity index (χ3v) is 2.54. The first-order valence-electron chi connectivity index (χ1n) is 4.55. The van der Waals surface area contributed by atoms with Gasteiger partial charge in [0.05, 0.1) is 28.2 Å². The number of nitrogens with two attached hydrogens (primary N) is 1. The molecule has 1 heterocycles. The number of aromatic nitrogens is 2. The summed E-state index contributed by atoms with van der Waals surface area (Å²) in [5.74, 6) is -1.23. The molecule has 17 heavy (non-hydrogen) atoms. The molecule has 0 aliphatic heterocycles. The Hall–Kier alpha value is -1.76. The van der Waals surface area contributed by atoms with E-state index in [1.165, 1.54) is 18.5 Å². The third-order valence-electron chi connectivity index (χ3n) is 1.93. The highest BCUT2D eigenvalue weighted by atomic mass is 79.9. The number of hydrogen-bond acceptors (Lipinski definition) is 4. The van der Waals surface area contributed by atoms with E-state index in [-0.39, 0.29) is 16.1 Å². The van der Waals surface area contributed by atoms with E-state index in [4.69, 9.17) is 5.73 Å². The number of benzene rings is 1. The van der Waals surface area contributed by atoms with Gasteiger partial charge in [-0.25, -0.2) is 18.7 Å². The first-order valence-corrected chi connectivity index (χ1v) is 5.34. The van der Waals surface area contributed by atoms with E-state index in [9.17, 15) is 8.78 Å². The van der Waals surface area contributed by atoms with Crippen LogP contribution in [0.25, 0.3) is 0 Å². The van der Waals surface area contributed by atoms with Gasteiger partial charge >= 0.3 is 0 Å². The van der Waals surface area contributed by atoms with Gasteiger partial charge in [0.2, 0.25) is 5.95 Å². The van der Waals surface area contributed by atoms with Gasteiger partial charge in [0.1, 0.15) is 11.6 Å². The van der Waals surface area contributed by atoms with E-state index in [0.29, 0.717) is 5.69 Å². The first kappa shape index (κ1) is 11.7. The average Bonchev–Trinajstić information content (AvgIpc) is 2.29. The van der Waals surface area contributed by atoms with Gasteiger partial charge in [-0.2, -0.15) is 0 Å². The van der Waals surface area contributed by atoms with Crippen LogP contribution < -0.4 is 11.1 Å². The zero-order valence-electron chi connectivity index (χ0n) is 8.42. The fourth-order valence-corrected chi connectivity index (χ4v) is 1.48. The molecule has 1 aromatic carbocycles. The summed E-state index contributed by atoms with van der Waals surface area (Å²) in [5, 5.41) is 2.62. The van der Waals surface area contributed by atoms with E-state index in [1.807, 2.05) is 0 Å². The molecule has 88 valence electrons. The van der Waals surface area contributed by atoms with Crippen molar-refractivity contribution in [3.8, 4) is 0 Å². The number of rotatable bonds is 2. The lowest BCUT2D eigenvalue weighted by molar-refractivity contribution is 0.581. The summed E-state index contributed by atoms with van der Waals surface area (Å²) in [7, 11) is 0. The monoisotopic (exact) mass is 300 g/mol. The zero-order chi connectivity index (χ0) is 12.4. The predicted molar refractivity (Wildman–Crippen MR) is 63.8 cm³/mol. The predicted octanol–water partition coefficient (Wildman–Crippen LogP) is 2.84. The maximum Gasteiger partial charge on any atom is 0.227 e. The van der Waals surface area contributed by atoms with Gasteiger partial charge in [0, 0.05) is 6.07 Å². The Balaban J connectivity index is 2.30. The van der Waals surface area contributed by atoms with Crippen molar-refractivity contribution in [1.29, 1.82) is 0 Å². The minimum absolute atomic E-state index is 0.0723. The number of anilines is 3. The summed E-state index contributed by atoms with van der Waals surface area (Å²) in [6.07, 6.45) is 2.76. The van der Waals surface area contributed by atoms with Gasteiger partial charge in [-0.05, 0) is 22.0 Å². The molecule has 1 aromatic heterocycles. The van der Waals surface area contributed by atoms with Gasteiger partial charge in [-0.3, -0.25) is 0 Å². The highest BCUT2D eigenvalue weighted by Crippen LogP contribution is 2.25. The van der Waals surface area contributed by atoms with E-state index in [0.717, 1.165) is 6.07 Å². The summed E-state index contributed by atoms with van der Waals surface area (Å²) in [5.41, 5.74) is 5.88. The van der Waals surface area contributed by atoms with Crippen LogP contribution in [0.15, 0.2) is 29.0 Å². The van der Waals surface area contributed by atoms with Gasteiger partial charge in [0.15, 0.2) is 0 Å². The van der Waals surface area contributed by atoms with Crippen LogP contribution in [0.1, 0.15) is 0 Å².